The maximum atomic E-state index is 12.5. The molecule has 1 saturated heterocycles. The largest absolute Gasteiger partial charge is 0.352 e. The molecule has 2 aliphatic rings. The van der Waals surface area contributed by atoms with Crippen molar-refractivity contribution in [3.05, 3.63) is 29.8 Å². The molecule has 2 fully saturated rings. The zero-order valence-corrected chi connectivity index (χ0v) is 16.0. The third-order valence-corrected chi connectivity index (χ3v) is 6.32. The second-order valence-electron chi connectivity index (χ2n) is 7.43. The van der Waals surface area contributed by atoms with Crippen LogP contribution in [0.1, 0.15) is 44.6 Å². The van der Waals surface area contributed by atoms with Crippen molar-refractivity contribution in [1.82, 2.24) is 10.2 Å². The lowest BCUT2D eigenvalue weighted by Gasteiger charge is -2.33. The monoisotopic (exact) mass is 360 g/mol. The fourth-order valence-corrected chi connectivity index (χ4v) is 4.30. The molecule has 1 unspecified atom stereocenters. The maximum absolute atomic E-state index is 12.5. The Morgan fingerprint density at radius 2 is 1.88 bits per heavy atom. The standard InChI is InChI=1S/C20H28N2O2S/c1-14-3-7-17(8-4-14)22-13-16(11-19(22)23)20(24)21-12-15-5-9-18(25-2)10-6-15/h5-6,9-10,14,16-17H,3-4,7-8,11-13H2,1-2H3,(H,21,24). The van der Waals surface area contributed by atoms with E-state index >= 15 is 0 Å². The minimum absolute atomic E-state index is 0.00831. The smallest absolute Gasteiger partial charge is 0.225 e. The average Bonchev–Trinajstić information content (AvgIpc) is 3.02. The summed E-state index contributed by atoms with van der Waals surface area (Å²) in [6.45, 7) is 3.40. The van der Waals surface area contributed by atoms with Crippen LogP contribution in [0.5, 0.6) is 0 Å². The summed E-state index contributed by atoms with van der Waals surface area (Å²) in [7, 11) is 0. The molecule has 1 atom stereocenters. The van der Waals surface area contributed by atoms with Gasteiger partial charge in [0.1, 0.15) is 0 Å². The third kappa shape index (κ3) is 4.57. The molecule has 136 valence electrons. The number of carbonyl (C=O) groups is 2. The average molecular weight is 361 g/mol. The van der Waals surface area contributed by atoms with E-state index in [0.717, 1.165) is 24.3 Å². The number of nitrogens with one attached hydrogen (secondary N) is 1. The number of rotatable bonds is 5. The molecule has 1 aliphatic carbocycles. The fraction of sp³-hybridized carbons (Fsp3) is 0.600. The van der Waals surface area contributed by atoms with Gasteiger partial charge in [0.15, 0.2) is 0 Å². The van der Waals surface area contributed by atoms with E-state index in [4.69, 9.17) is 0 Å². The molecule has 0 aromatic heterocycles. The molecule has 1 N–H and O–H groups in total. The van der Waals surface area contributed by atoms with Gasteiger partial charge in [-0.1, -0.05) is 19.1 Å². The van der Waals surface area contributed by atoms with Gasteiger partial charge in [-0.25, -0.2) is 0 Å². The number of likely N-dealkylation sites (tertiary alicyclic amines) is 1. The molecule has 0 bridgehead atoms. The molecule has 3 rings (SSSR count). The van der Waals surface area contributed by atoms with Gasteiger partial charge in [0, 0.05) is 30.4 Å². The normalized spacial score (nSPS) is 26.7. The van der Waals surface area contributed by atoms with Gasteiger partial charge in [0.05, 0.1) is 5.92 Å². The summed E-state index contributed by atoms with van der Waals surface area (Å²) in [5.41, 5.74) is 1.09. The fourth-order valence-electron chi connectivity index (χ4n) is 3.89. The first-order valence-corrected chi connectivity index (χ1v) is 10.5. The van der Waals surface area contributed by atoms with Crippen LogP contribution in [0.4, 0.5) is 0 Å². The molecular weight excluding hydrogens is 332 g/mol. The summed E-state index contributed by atoms with van der Waals surface area (Å²) in [4.78, 5) is 28.0. The molecular formula is C20H28N2O2S. The maximum Gasteiger partial charge on any atom is 0.225 e. The highest BCUT2D eigenvalue weighted by Gasteiger charge is 2.38. The van der Waals surface area contributed by atoms with Crippen molar-refractivity contribution in [3.63, 3.8) is 0 Å². The quantitative estimate of drug-likeness (QED) is 0.818. The van der Waals surface area contributed by atoms with Gasteiger partial charge in [0.25, 0.3) is 0 Å². The summed E-state index contributed by atoms with van der Waals surface area (Å²) < 4.78 is 0. The number of thioether (sulfide) groups is 1. The van der Waals surface area contributed by atoms with Crippen LogP contribution in [0.3, 0.4) is 0 Å². The highest BCUT2D eigenvalue weighted by molar-refractivity contribution is 7.98. The summed E-state index contributed by atoms with van der Waals surface area (Å²) in [6.07, 6.45) is 6.97. The number of hydrogen-bond donors (Lipinski definition) is 1. The molecule has 0 radical (unpaired) electrons. The van der Waals surface area contributed by atoms with Crippen LogP contribution in [0, 0.1) is 11.8 Å². The van der Waals surface area contributed by atoms with Crippen molar-refractivity contribution in [1.29, 1.82) is 0 Å². The zero-order chi connectivity index (χ0) is 17.8. The lowest BCUT2D eigenvalue weighted by atomic mass is 9.87. The van der Waals surface area contributed by atoms with Crippen LogP contribution in [-0.4, -0.2) is 35.6 Å². The molecule has 2 amide bonds. The SMILES string of the molecule is CSc1ccc(CNC(=O)C2CC(=O)N(C3CCC(C)CC3)C2)cc1. The van der Waals surface area contributed by atoms with Crippen molar-refractivity contribution in [2.45, 2.75) is 56.5 Å². The number of amides is 2. The topological polar surface area (TPSA) is 49.4 Å². The molecule has 1 heterocycles. The van der Waals surface area contributed by atoms with Gasteiger partial charge < -0.3 is 10.2 Å². The number of carbonyl (C=O) groups excluding carboxylic acids is 2. The number of hydrogen-bond acceptors (Lipinski definition) is 3. The van der Waals surface area contributed by atoms with E-state index in [9.17, 15) is 9.59 Å². The Morgan fingerprint density at radius 3 is 2.52 bits per heavy atom. The first-order chi connectivity index (χ1) is 12.1. The Morgan fingerprint density at radius 1 is 1.20 bits per heavy atom. The lowest BCUT2D eigenvalue weighted by molar-refractivity contribution is -0.131. The van der Waals surface area contributed by atoms with Gasteiger partial charge in [-0.2, -0.15) is 0 Å². The highest BCUT2D eigenvalue weighted by atomic mass is 32.2. The second-order valence-corrected chi connectivity index (χ2v) is 8.31. The highest BCUT2D eigenvalue weighted by Crippen LogP contribution is 2.31. The van der Waals surface area contributed by atoms with Crippen molar-refractivity contribution < 1.29 is 9.59 Å². The van der Waals surface area contributed by atoms with Crippen LogP contribution in [-0.2, 0) is 16.1 Å². The number of benzene rings is 1. The van der Waals surface area contributed by atoms with Gasteiger partial charge in [-0.15, -0.1) is 11.8 Å². The van der Waals surface area contributed by atoms with Crippen LogP contribution in [0.25, 0.3) is 0 Å². The van der Waals surface area contributed by atoms with E-state index in [-0.39, 0.29) is 17.7 Å². The van der Waals surface area contributed by atoms with Gasteiger partial charge >= 0.3 is 0 Å². The molecule has 1 aliphatic heterocycles. The summed E-state index contributed by atoms with van der Waals surface area (Å²) >= 11 is 1.71. The van der Waals surface area contributed by atoms with E-state index in [1.807, 2.05) is 23.3 Å². The van der Waals surface area contributed by atoms with Crippen molar-refractivity contribution in [2.75, 3.05) is 12.8 Å². The van der Waals surface area contributed by atoms with E-state index in [1.54, 1.807) is 11.8 Å². The first-order valence-electron chi connectivity index (χ1n) is 9.27. The van der Waals surface area contributed by atoms with Crippen LogP contribution in [0.15, 0.2) is 29.2 Å². The summed E-state index contributed by atoms with van der Waals surface area (Å²) in [6, 6.07) is 8.57. The molecule has 5 heteroatoms. The van der Waals surface area contributed by atoms with E-state index in [2.05, 4.69) is 24.4 Å². The van der Waals surface area contributed by atoms with E-state index in [1.165, 1.54) is 17.7 Å². The van der Waals surface area contributed by atoms with Crippen molar-refractivity contribution in [2.24, 2.45) is 11.8 Å². The number of nitrogens with zero attached hydrogens (tertiary/aromatic N) is 1. The molecule has 1 saturated carbocycles. The summed E-state index contributed by atoms with van der Waals surface area (Å²) in [5, 5.41) is 3.00. The predicted octanol–water partition coefficient (Wildman–Crippen LogP) is 3.45. The lowest BCUT2D eigenvalue weighted by Crippen LogP contribution is -2.40. The van der Waals surface area contributed by atoms with Gasteiger partial charge in [-0.3, -0.25) is 9.59 Å². The minimum Gasteiger partial charge on any atom is -0.352 e. The molecule has 0 spiro atoms. The minimum atomic E-state index is -0.197. The van der Waals surface area contributed by atoms with E-state index < -0.39 is 0 Å². The van der Waals surface area contributed by atoms with Gasteiger partial charge in [-0.05, 0) is 55.6 Å². The van der Waals surface area contributed by atoms with Crippen molar-refractivity contribution in [3.8, 4) is 0 Å². The Kier molecular flexibility index (Phi) is 6.05. The first kappa shape index (κ1) is 18.3. The molecule has 1 aromatic carbocycles. The predicted molar refractivity (Wildman–Crippen MR) is 101 cm³/mol. The third-order valence-electron chi connectivity index (χ3n) is 5.58. The molecule has 1 aromatic rings. The Labute approximate surface area is 154 Å². The van der Waals surface area contributed by atoms with Crippen molar-refractivity contribution >= 4 is 23.6 Å². The van der Waals surface area contributed by atoms with Crippen LogP contribution < -0.4 is 5.32 Å². The Balaban J connectivity index is 1.50. The van der Waals surface area contributed by atoms with Gasteiger partial charge in [0.2, 0.25) is 11.8 Å². The van der Waals surface area contributed by atoms with Crippen LogP contribution >= 0.6 is 11.8 Å². The second kappa shape index (κ2) is 8.26. The Hall–Kier alpha value is -1.49. The summed E-state index contributed by atoms with van der Waals surface area (Å²) in [5.74, 6) is 0.737. The van der Waals surface area contributed by atoms with Crippen LogP contribution in [0.2, 0.25) is 0 Å². The van der Waals surface area contributed by atoms with E-state index in [0.29, 0.717) is 25.6 Å². The molecule has 4 nitrogen and oxygen atoms in total. The Bertz CT molecular complexity index is 609. The molecule has 25 heavy (non-hydrogen) atoms. The zero-order valence-electron chi connectivity index (χ0n) is 15.2.